The van der Waals surface area contributed by atoms with Gasteiger partial charge in [-0.2, -0.15) is 0 Å². The van der Waals surface area contributed by atoms with E-state index in [1.807, 2.05) is 27.7 Å². The van der Waals surface area contributed by atoms with Gasteiger partial charge in [-0.25, -0.2) is 0 Å². The Hall–Kier alpha value is -0.550. The van der Waals surface area contributed by atoms with Crippen LogP contribution in [-0.2, 0) is 9.59 Å². The molecule has 0 amide bonds. The Bertz CT molecular complexity index is 324. The van der Waals surface area contributed by atoms with Crippen LogP contribution in [0.1, 0.15) is 48.0 Å². The number of hydrogen-bond acceptors (Lipinski definition) is 3. The van der Waals surface area contributed by atoms with Crippen molar-refractivity contribution in [2.24, 2.45) is 10.8 Å². The van der Waals surface area contributed by atoms with Gasteiger partial charge >= 0.3 is 5.97 Å². The SMILES string of the molecule is CC(C)NC(C(=O)O)C(C)(C)CC(C)(C)C(=O)S. The second-order valence-corrected chi connectivity index (χ2v) is 6.85. The van der Waals surface area contributed by atoms with Gasteiger partial charge in [-0.1, -0.05) is 41.5 Å². The number of carbonyl (C=O) groups is 2. The maximum Gasteiger partial charge on any atom is 0.321 e. The third-order valence-electron chi connectivity index (χ3n) is 3.00. The van der Waals surface area contributed by atoms with Gasteiger partial charge in [-0.3, -0.25) is 9.59 Å². The van der Waals surface area contributed by atoms with Crippen LogP contribution in [0.4, 0.5) is 0 Å². The van der Waals surface area contributed by atoms with E-state index in [2.05, 4.69) is 17.9 Å². The summed E-state index contributed by atoms with van der Waals surface area (Å²) in [5.74, 6) is -0.892. The van der Waals surface area contributed by atoms with Crippen molar-refractivity contribution in [3.63, 3.8) is 0 Å². The zero-order valence-corrected chi connectivity index (χ0v) is 13.0. The summed E-state index contributed by atoms with van der Waals surface area (Å²) in [6, 6.07) is -0.621. The Kier molecular flexibility index (Phi) is 5.88. The fourth-order valence-electron chi connectivity index (χ4n) is 2.28. The Balaban J connectivity index is 5.07. The highest BCUT2D eigenvalue weighted by atomic mass is 32.1. The molecule has 0 saturated carbocycles. The van der Waals surface area contributed by atoms with Crippen molar-refractivity contribution in [1.29, 1.82) is 0 Å². The lowest BCUT2D eigenvalue weighted by molar-refractivity contribution is -0.144. The van der Waals surface area contributed by atoms with Gasteiger partial charge in [0.1, 0.15) is 6.04 Å². The first-order valence-corrected chi connectivity index (χ1v) is 6.57. The summed E-state index contributed by atoms with van der Waals surface area (Å²) in [6.45, 7) is 11.1. The van der Waals surface area contributed by atoms with E-state index in [0.29, 0.717) is 6.42 Å². The van der Waals surface area contributed by atoms with Gasteiger partial charge in [0.25, 0.3) is 0 Å². The van der Waals surface area contributed by atoms with Crippen molar-refractivity contribution in [3.05, 3.63) is 0 Å². The third kappa shape index (κ3) is 4.98. The van der Waals surface area contributed by atoms with E-state index in [4.69, 9.17) is 0 Å². The van der Waals surface area contributed by atoms with Crippen molar-refractivity contribution < 1.29 is 14.7 Å². The number of nitrogens with one attached hydrogen (secondary N) is 1. The van der Waals surface area contributed by atoms with Crippen molar-refractivity contribution in [1.82, 2.24) is 5.32 Å². The highest BCUT2D eigenvalue weighted by Gasteiger charge is 2.41. The van der Waals surface area contributed by atoms with E-state index in [-0.39, 0.29) is 11.2 Å². The predicted molar refractivity (Wildman–Crippen MR) is 75.9 cm³/mol. The molecule has 106 valence electrons. The van der Waals surface area contributed by atoms with E-state index in [9.17, 15) is 14.7 Å². The van der Waals surface area contributed by atoms with Crippen LogP contribution in [0.3, 0.4) is 0 Å². The molecular formula is C13H25NO3S. The highest BCUT2D eigenvalue weighted by Crippen LogP contribution is 2.37. The molecule has 0 fully saturated rings. The first kappa shape index (κ1) is 17.4. The molecule has 0 rings (SSSR count). The molecule has 0 bridgehead atoms. The molecule has 0 aromatic rings. The summed E-state index contributed by atoms with van der Waals surface area (Å²) >= 11 is 3.87. The quantitative estimate of drug-likeness (QED) is 0.624. The third-order valence-corrected chi connectivity index (χ3v) is 3.61. The number of rotatable bonds is 7. The lowest BCUT2D eigenvalue weighted by atomic mass is 9.71. The summed E-state index contributed by atoms with van der Waals surface area (Å²) in [5, 5.41) is 12.2. The smallest absolute Gasteiger partial charge is 0.321 e. The van der Waals surface area contributed by atoms with Crippen molar-refractivity contribution in [3.8, 4) is 0 Å². The Morgan fingerprint density at radius 2 is 1.67 bits per heavy atom. The van der Waals surface area contributed by atoms with Gasteiger partial charge in [-0.15, -0.1) is 12.6 Å². The number of carbonyl (C=O) groups excluding carboxylic acids is 1. The monoisotopic (exact) mass is 275 g/mol. The molecule has 4 nitrogen and oxygen atoms in total. The summed E-state index contributed by atoms with van der Waals surface area (Å²) in [6.07, 6.45) is 0.457. The molecule has 1 atom stereocenters. The van der Waals surface area contributed by atoms with Gasteiger partial charge in [0, 0.05) is 11.5 Å². The molecular weight excluding hydrogens is 250 g/mol. The highest BCUT2D eigenvalue weighted by molar-refractivity contribution is 7.96. The average Bonchev–Trinajstić information content (AvgIpc) is 2.11. The number of thiol groups is 1. The fourth-order valence-corrected chi connectivity index (χ4v) is 2.36. The van der Waals surface area contributed by atoms with Crippen LogP contribution in [0.15, 0.2) is 0 Å². The molecule has 18 heavy (non-hydrogen) atoms. The van der Waals surface area contributed by atoms with Crippen LogP contribution >= 0.6 is 12.6 Å². The minimum absolute atomic E-state index is 0.0696. The first-order chi connectivity index (χ1) is 7.90. The summed E-state index contributed by atoms with van der Waals surface area (Å²) in [4.78, 5) is 22.8. The normalized spacial score (nSPS) is 14.7. The average molecular weight is 275 g/mol. The van der Waals surface area contributed by atoms with E-state index < -0.39 is 22.8 Å². The Morgan fingerprint density at radius 3 is 1.94 bits per heavy atom. The molecule has 0 aliphatic heterocycles. The molecule has 1 unspecified atom stereocenters. The minimum atomic E-state index is -0.892. The fraction of sp³-hybridized carbons (Fsp3) is 0.846. The summed E-state index contributed by atoms with van der Waals surface area (Å²) in [5.41, 5.74) is -1.18. The molecule has 0 spiro atoms. The molecule has 0 radical (unpaired) electrons. The maximum atomic E-state index is 11.5. The molecule has 0 aromatic carbocycles. The van der Waals surface area contributed by atoms with Gasteiger partial charge in [-0.05, 0) is 11.8 Å². The predicted octanol–water partition coefficient (Wildman–Crippen LogP) is 2.34. The Labute approximate surface area is 115 Å². The lowest BCUT2D eigenvalue weighted by Crippen LogP contribution is -2.52. The molecule has 5 heteroatoms. The zero-order chi connectivity index (χ0) is 14.7. The number of hydrogen-bond donors (Lipinski definition) is 3. The van der Waals surface area contributed by atoms with Crippen LogP contribution in [0, 0.1) is 10.8 Å². The van der Waals surface area contributed by atoms with E-state index in [1.165, 1.54) is 0 Å². The standard InChI is InChI=1S/C13H25NO3S/c1-8(2)14-9(10(15)16)12(3,4)7-13(5,6)11(17)18/h8-9,14H,7H2,1-6H3,(H,15,16)(H,17,18). The number of carboxylic acid groups (broad SMARTS) is 1. The second-order valence-electron chi connectivity index (χ2n) is 6.45. The topological polar surface area (TPSA) is 66.4 Å². The number of aliphatic carboxylic acids is 1. The van der Waals surface area contributed by atoms with E-state index in [1.54, 1.807) is 13.8 Å². The van der Waals surface area contributed by atoms with Crippen LogP contribution in [0.2, 0.25) is 0 Å². The van der Waals surface area contributed by atoms with Crippen molar-refractivity contribution in [2.45, 2.75) is 60.0 Å². The molecule has 0 aliphatic rings. The molecule has 0 aliphatic carbocycles. The molecule has 0 heterocycles. The van der Waals surface area contributed by atoms with Crippen molar-refractivity contribution >= 4 is 23.7 Å². The van der Waals surface area contributed by atoms with Gasteiger partial charge in [0.15, 0.2) is 5.12 Å². The van der Waals surface area contributed by atoms with Crippen LogP contribution < -0.4 is 5.32 Å². The zero-order valence-electron chi connectivity index (χ0n) is 12.1. The second kappa shape index (κ2) is 6.06. The van der Waals surface area contributed by atoms with Gasteiger partial charge < -0.3 is 10.4 Å². The first-order valence-electron chi connectivity index (χ1n) is 6.12. The maximum absolute atomic E-state index is 11.5. The molecule has 0 aromatic heterocycles. The van der Waals surface area contributed by atoms with E-state index >= 15 is 0 Å². The van der Waals surface area contributed by atoms with Crippen LogP contribution in [-0.4, -0.2) is 28.3 Å². The van der Waals surface area contributed by atoms with Gasteiger partial charge in [0.2, 0.25) is 0 Å². The Morgan fingerprint density at radius 1 is 1.22 bits per heavy atom. The van der Waals surface area contributed by atoms with Crippen LogP contribution in [0.25, 0.3) is 0 Å². The minimum Gasteiger partial charge on any atom is -0.480 e. The van der Waals surface area contributed by atoms with Crippen molar-refractivity contribution in [2.75, 3.05) is 0 Å². The lowest BCUT2D eigenvalue weighted by Gasteiger charge is -2.38. The van der Waals surface area contributed by atoms with Gasteiger partial charge in [0.05, 0.1) is 0 Å². The summed E-state index contributed by atoms with van der Waals surface area (Å²) < 4.78 is 0. The number of carboxylic acids is 1. The largest absolute Gasteiger partial charge is 0.480 e. The molecule has 2 N–H and O–H groups in total. The summed E-state index contributed by atoms with van der Waals surface area (Å²) in [7, 11) is 0. The van der Waals surface area contributed by atoms with E-state index in [0.717, 1.165) is 0 Å². The van der Waals surface area contributed by atoms with Crippen LogP contribution in [0.5, 0.6) is 0 Å². The molecule has 0 saturated heterocycles.